The Morgan fingerprint density at radius 1 is 0.812 bits per heavy atom. The molecule has 1 aliphatic heterocycles. The maximum atomic E-state index is 13.0. The van der Waals surface area contributed by atoms with Crippen LogP contribution < -0.4 is 9.21 Å². The van der Waals surface area contributed by atoms with Crippen molar-refractivity contribution in [1.82, 2.24) is 4.90 Å². The van der Waals surface area contributed by atoms with Crippen molar-refractivity contribution in [3.63, 3.8) is 0 Å². The largest absolute Gasteiger partial charge is 0.368 e. The molecule has 0 saturated carbocycles. The number of amides is 1. The van der Waals surface area contributed by atoms with Crippen molar-refractivity contribution in [2.45, 2.75) is 6.54 Å². The first kappa shape index (κ1) is 21.9. The van der Waals surface area contributed by atoms with E-state index in [9.17, 15) is 13.2 Å². The predicted molar refractivity (Wildman–Crippen MR) is 128 cm³/mol. The molecule has 32 heavy (non-hydrogen) atoms. The van der Waals surface area contributed by atoms with E-state index in [4.69, 9.17) is 0 Å². The van der Waals surface area contributed by atoms with E-state index in [1.54, 1.807) is 24.3 Å². The molecular formula is C25H27N3O3S. The summed E-state index contributed by atoms with van der Waals surface area (Å²) in [6.45, 7) is 3.16. The zero-order valence-corrected chi connectivity index (χ0v) is 18.9. The van der Waals surface area contributed by atoms with Gasteiger partial charge in [0.15, 0.2) is 0 Å². The molecular weight excluding hydrogens is 422 g/mol. The lowest BCUT2D eigenvalue weighted by atomic mass is 10.1. The summed E-state index contributed by atoms with van der Waals surface area (Å²) in [6, 6.07) is 26.5. The van der Waals surface area contributed by atoms with E-state index in [0.29, 0.717) is 24.3 Å². The lowest BCUT2D eigenvalue weighted by molar-refractivity contribution is 0.0747. The van der Waals surface area contributed by atoms with Crippen molar-refractivity contribution in [3.05, 3.63) is 96.1 Å². The number of rotatable bonds is 6. The monoisotopic (exact) mass is 449 g/mol. The molecule has 6 nitrogen and oxygen atoms in total. The summed E-state index contributed by atoms with van der Waals surface area (Å²) < 4.78 is 26.0. The van der Waals surface area contributed by atoms with Crippen LogP contribution in [0.5, 0.6) is 0 Å². The molecule has 1 saturated heterocycles. The highest BCUT2D eigenvalue weighted by Crippen LogP contribution is 2.21. The highest BCUT2D eigenvalue weighted by Gasteiger charge is 2.23. The van der Waals surface area contributed by atoms with Gasteiger partial charge >= 0.3 is 0 Å². The molecule has 1 fully saturated rings. The summed E-state index contributed by atoms with van der Waals surface area (Å²) >= 11 is 0. The Kier molecular flexibility index (Phi) is 6.46. The van der Waals surface area contributed by atoms with Crippen LogP contribution in [-0.2, 0) is 16.6 Å². The van der Waals surface area contributed by atoms with Gasteiger partial charge in [-0.1, -0.05) is 48.5 Å². The Bertz CT molecular complexity index is 1140. The summed E-state index contributed by atoms with van der Waals surface area (Å²) in [4.78, 5) is 17.1. The Labute approximate surface area is 189 Å². The average Bonchev–Trinajstić information content (AvgIpc) is 2.83. The maximum absolute atomic E-state index is 13.0. The topological polar surface area (TPSA) is 60.9 Å². The number of anilines is 2. The number of piperazine rings is 1. The summed E-state index contributed by atoms with van der Waals surface area (Å²) in [6.07, 6.45) is 1.20. The number of benzene rings is 3. The average molecular weight is 450 g/mol. The van der Waals surface area contributed by atoms with Gasteiger partial charge in [0.25, 0.3) is 5.91 Å². The van der Waals surface area contributed by atoms with E-state index in [1.807, 2.05) is 53.4 Å². The molecule has 3 aromatic rings. The van der Waals surface area contributed by atoms with Gasteiger partial charge in [0.2, 0.25) is 10.0 Å². The van der Waals surface area contributed by atoms with E-state index in [1.165, 1.54) is 16.2 Å². The molecule has 0 unspecified atom stereocenters. The first-order chi connectivity index (χ1) is 15.4. The second-order valence-corrected chi connectivity index (χ2v) is 9.82. The minimum absolute atomic E-state index is 0.00675. The Balaban J connectivity index is 1.40. The molecule has 1 heterocycles. The highest BCUT2D eigenvalue weighted by atomic mass is 32.2. The maximum Gasteiger partial charge on any atom is 0.253 e. The molecule has 1 aliphatic rings. The van der Waals surface area contributed by atoms with Gasteiger partial charge in [-0.25, -0.2) is 8.42 Å². The Hall–Kier alpha value is -3.32. The molecule has 0 atom stereocenters. The van der Waals surface area contributed by atoms with Gasteiger partial charge in [-0.2, -0.15) is 0 Å². The minimum atomic E-state index is -3.43. The van der Waals surface area contributed by atoms with E-state index in [-0.39, 0.29) is 12.5 Å². The summed E-state index contributed by atoms with van der Waals surface area (Å²) in [5.74, 6) is 0.00675. The Morgan fingerprint density at radius 2 is 1.38 bits per heavy atom. The number of nitrogens with zero attached hydrogens (tertiary/aromatic N) is 3. The standard InChI is InChI=1S/C25H27N3O3S/c1-32(30,31)28(24-10-6-3-7-11-24)20-21-12-14-22(15-13-21)25(29)27-18-16-26(17-19-27)23-8-4-2-5-9-23/h2-15H,16-20H2,1H3. The molecule has 1 amide bonds. The van der Waals surface area contributed by atoms with Crippen LogP contribution in [0, 0.1) is 0 Å². The fourth-order valence-corrected chi connectivity index (χ4v) is 4.79. The summed E-state index contributed by atoms with van der Waals surface area (Å²) in [5.41, 5.74) is 3.24. The van der Waals surface area contributed by atoms with Gasteiger partial charge in [0.1, 0.15) is 0 Å². The molecule has 0 N–H and O–H groups in total. The summed E-state index contributed by atoms with van der Waals surface area (Å²) in [5, 5.41) is 0. The van der Waals surface area contributed by atoms with Gasteiger partial charge in [0, 0.05) is 37.4 Å². The molecule has 4 rings (SSSR count). The Morgan fingerprint density at radius 3 is 1.94 bits per heavy atom. The minimum Gasteiger partial charge on any atom is -0.368 e. The molecule has 166 valence electrons. The van der Waals surface area contributed by atoms with Gasteiger partial charge in [-0.15, -0.1) is 0 Å². The van der Waals surface area contributed by atoms with Crippen LogP contribution in [0.15, 0.2) is 84.9 Å². The van der Waals surface area contributed by atoms with E-state index in [2.05, 4.69) is 17.0 Å². The third kappa shape index (κ3) is 5.11. The third-order valence-electron chi connectivity index (χ3n) is 5.66. The molecule has 3 aromatic carbocycles. The fourth-order valence-electron chi connectivity index (χ4n) is 3.90. The number of carbonyl (C=O) groups is 1. The van der Waals surface area contributed by atoms with Crippen LogP contribution in [0.1, 0.15) is 15.9 Å². The second kappa shape index (κ2) is 9.44. The smallest absolute Gasteiger partial charge is 0.253 e. The van der Waals surface area contributed by atoms with Gasteiger partial charge in [-0.3, -0.25) is 9.10 Å². The molecule has 0 spiro atoms. The predicted octanol–water partition coefficient (Wildman–Crippen LogP) is 3.62. The van der Waals surface area contributed by atoms with E-state index >= 15 is 0 Å². The van der Waals surface area contributed by atoms with Gasteiger partial charge in [-0.05, 0) is 42.0 Å². The van der Waals surface area contributed by atoms with Crippen molar-refractivity contribution in [2.24, 2.45) is 0 Å². The van der Waals surface area contributed by atoms with Crippen molar-refractivity contribution in [1.29, 1.82) is 0 Å². The van der Waals surface area contributed by atoms with Crippen LogP contribution in [0.4, 0.5) is 11.4 Å². The number of hydrogen-bond donors (Lipinski definition) is 0. The summed E-state index contributed by atoms with van der Waals surface area (Å²) in [7, 11) is -3.43. The lowest BCUT2D eigenvalue weighted by Crippen LogP contribution is -2.48. The lowest BCUT2D eigenvalue weighted by Gasteiger charge is -2.36. The van der Waals surface area contributed by atoms with Crippen molar-refractivity contribution >= 4 is 27.3 Å². The van der Waals surface area contributed by atoms with Crippen LogP contribution >= 0.6 is 0 Å². The second-order valence-electron chi connectivity index (χ2n) is 7.92. The highest BCUT2D eigenvalue weighted by molar-refractivity contribution is 7.92. The van der Waals surface area contributed by atoms with E-state index in [0.717, 1.165) is 18.7 Å². The third-order valence-corrected chi connectivity index (χ3v) is 6.80. The quantitative estimate of drug-likeness (QED) is 0.577. The molecule has 7 heteroatoms. The zero-order chi connectivity index (χ0) is 22.6. The van der Waals surface area contributed by atoms with Gasteiger partial charge < -0.3 is 9.80 Å². The van der Waals surface area contributed by atoms with Crippen molar-refractivity contribution < 1.29 is 13.2 Å². The van der Waals surface area contributed by atoms with Crippen LogP contribution in [0.2, 0.25) is 0 Å². The van der Waals surface area contributed by atoms with Crippen LogP contribution in [0.3, 0.4) is 0 Å². The number of para-hydroxylation sites is 2. The first-order valence-electron chi connectivity index (χ1n) is 10.6. The van der Waals surface area contributed by atoms with E-state index < -0.39 is 10.0 Å². The number of carbonyl (C=O) groups excluding carboxylic acids is 1. The van der Waals surface area contributed by atoms with Crippen LogP contribution in [0.25, 0.3) is 0 Å². The molecule has 0 aliphatic carbocycles. The number of sulfonamides is 1. The van der Waals surface area contributed by atoms with Gasteiger partial charge in [0.05, 0.1) is 18.5 Å². The van der Waals surface area contributed by atoms with Crippen molar-refractivity contribution in [3.8, 4) is 0 Å². The SMILES string of the molecule is CS(=O)(=O)N(Cc1ccc(C(=O)N2CCN(c3ccccc3)CC2)cc1)c1ccccc1. The molecule has 0 radical (unpaired) electrons. The number of hydrogen-bond acceptors (Lipinski definition) is 4. The van der Waals surface area contributed by atoms with Crippen molar-refractivity contribution in [2.75, 3.05) is 41.6 Å². The normalized spacial score (nSPS) is 14.3. The fraction of sp³-hybridized carbons (Fsp3) is 0.240. The van der Waals surface area contributed by atoms with Crippen LogP contribution in [-0.4, -0.2) is 51.7 Å². The molecule has 0 aromatic heterocycles. The zero-order valence-electron chi connectivity index (χ0n) is 18.1. The first-order valence-corrected chi connectivity index (χ1v) is 12.5. The molecule has 0 bridgehead atoms.